The van der Waals surface area contributed by atoms with Gasteiger partial charge in [-0.15, -0.1) is 0 Å². The normalized spacial score (nSPS) is 13.2. The Balaban J connectivity index is 2.66. The molecule has 0 radical (unpaired) electrons. The lowest BCUT2D eigenvalue weighted by Gasteiger charge is -2.21. The third kappa shape index (κ3) is 4.50. The van der Waals surface area contributed by atoms with Crippen LogP contribution in [0.2, 0.25) is 0 Å². The van der Waals surface area contributed by atoms with Crippen LogP contribution in [0.4, 0.5) is 0 Å². The zero-order chi connectivity index (χ0) is 12.7. The fourth-order valence-corrected chi connectivity index (χ4v) is 2.20. The lowest BCUT2D eigenvalue weighted by atomic mass is 9.93. The fraction of sp³-hybridized carbons (Fsp3) is 0.786. The van der Waals surface area contributed by atoms with E-state index < -0.39 is 0 Å². The number of rotatable bonds is 8. The molecule has 1 aromatic rings. The summed E-state index contributed by atoms with van der Waals surface area (Å²) in [5.74, 6) is 0.798. The summed E-state index contributed by atoms with van der Waals surface area (Å²) in [4.78, 5) is 0. The molecule has 0 aliphatic heterocycles. The van der Waals surface area contributed by atoms with Gasteiger partial charge in [0, 0.05) is 13.2 Å². The van der Waals surface area contributed by atoms with Gasteiger partial charge in [-0.2, -0.15) is 5.10 Å². The number of hydrogen-bond donors (Lipinski definition) is 1. The molecule has 1 N–H and O–H groups in total. The first-order chi connectivity index (χ1) is 8.21. The molecule has 0 bridgehead atoms. The number of nitrogens with zero attached hydrogens (tertiary/aromatic N) is 2. The first-order valence-electron chi connectivity index (χ1n) is 6.94. The molecular formula is C14H27N3. The van der Waals surface area contributed by atoms with Crippen molar-refractivity contribution < 1.29 is 0 Å². The Kier molecular flexibility index (Phi) is 6.27. The summed E-state index contributed by atoms with van der Waals surface area (Å²) in [6.07, 6.45) is 6.92. The third-order valence-corrected chi connectivity index (χ3v) is 3.46. The number of aromatic nitrogens is 2. The van der Waals surface area contributed by atoms with E-state index in [1.807, 2.05) is 17.9 Å². The molecule has 3 heteroatoms. The minimum atomic E-state index is 0.418. The molecule has 0 saturated carbocycles. The Hall–Kier alpha value is -0.830. The van der Waals surface area contributed by atoms with Crippen molar-refractivity contribution in [2.75, 3.05) is 6.54 Å². The molecule has 1 rings (SSSR count). The summed E-state index contributed by atoms with van der Waals surface area (Å²) >= 11 is 0. The van der Waals surface area contributed by atoms with Crippen LogP contribution in [0, 0.1) is 5.92 Å². The van der Waals surface area contributed by atoms with Gasteiger partial charge in [0.1, 0.15) is 0 Å². The van der Waals surface area contributed by atoms with Crippen LogP contribution in [-0.4, -0.2) is 16.3 Å². The Morgan fingerprint density at radius 2 is 2.00 bits per heavy atom. The van der Waals surface area contributed by atoms with Gasteiger partial charge < -0.3 is 5.32 Å². The van der Waals surface area contributed by atoms with Crippen LogP contribution < -0.4 is 5.32 Å². The summed E-state index contributed by atoms with van der Waals surface area (Å²) in [6, 6.07) is 2.55. The molecule has 0 aliphatic carbocycles. The predicted octanol–water partition coefficient (Wildman–Crippen LogP) is 3.29. The maximum atomic E-state index is 4.54. The largest absolute Gasteiger partial charge is 0.309 e. The quantitative estimate of drug-likeness (QED) is 0.752. The summed E-state index contributed by atoms with van der Waals surface area (Å²) < 4.78 is 1.89. The zero-order valence-corrected chi connectivity index (χ0v) is 11.7. The molecule has 1 atom stereocenters. The van der Waals surface area contributed by atoms with Crippen molar-refractivity contribution in [1.29, 1.82) is 0 Å². The van der Waals surface area contributed by atoms with Crippen molar-refractivity contribution in [3.05, 3.63) is 18.0 Å². The third-order valence-electron chi connectivity index (χ3n) is 3.46. The number of nitrogens with one attached hydrogen (secondary N) is 1. The zero-order valence-electron chi connectivity index (χ0n) is 11.7. The molecule has 98 valence electrons. The van der Waals surface area contributed by atoms with Crippen molar-refractivity contribution >= 4 is 0 Å². The van der Waals surface area contributed by atoms with E-state index in [0.29, 0.717) is 6.04 Å². The maximum Gasteiger partial charge on any atom is 0.0793 e. The minimum Gasteiger partial charge on any atom is -0.309 e. The van der Waals surface area contributed by atoms with Gasteiger partial charge in [-0.1, -0.05) is 33.6 Å². The van der Waals surface area contributed by atoms with Gasteiger partial charge in [-0.3, -0.25) is 4.68 Å². The van der Waals surface area contributed by atoms with E-state index in [4.69, 9.17) is 0 Å². The molecule has 1 heterocycles. The van der Waals surface area contributed by atoms with Gasteiger partial charge in [0.2, 0.25) is 0 Å². The molecule has 17 heavy (non-hydrogen) atoms. The van der Waals surface area contributed by atoms with Crippen LogP contribution in [0.3, 0.4) is 0 Å². The van der Waals surface area contributed by atoms with Crippen molar-refractivity contribution in [3.63, 3.8) is 0 Å². The van der Waals surface area contributed by atoms with Gasteiger partial charge >= 0.3 is 0 Å². The molecule has 0 fully saturated rings. The van der Waals surface area contributed by atoms with Crippen molar-refractivity contribution in [2.24, 2.45) is 13.0 Å². The molecule has 0 amide bonds. The Morgan fingerprint density at radius 3 is 2.47 bits per heavy atom. The summed E-state index contributed by atoms with van der Waals surface area (Å²) in [7, 11) is 1.98. The van der Waals surface area contributed by atoms with E-state index >= 15 is 0 Å². The smallest absolute Gasteiger partial charge is 0.0793 e. The molecule has 0 aromatic carbocycles. The average Bonchev–Trinajstić information content (AvgIpc) is 2.76. The Bertz CT molecular complexity index is 302. The lowest BCUT2D eigenvalue weighted by molar-refractivity contribution is 0.365. The highest BCUT2D eigenvalue weighted by molar-refractivity contribution is 5.05. The second-order valence-corrected chi connectivity index (χ2v) is 4.84. The highest BCUT2D eigenvalue weighted by Gasteiger charge is 2.17. The van der Waals surface area contributed by atoms with Gasteiger partial charge in [0.05, 0.1) is 11.7 Å². The second-order valence-electron chi connectivity index (χ2n) is 4.84. The standard InChI is InChI=1S/C14H27N3/c1-5-9-15-14(11-12(6-2)7-3)13-8-10-17(4)16-13/h8,10,12,14-15H,5-7,9,11H2,1-4H3. The van der Waals surface area contributed by atoms with E-state index in [2.05, 4.69) is 37.3 Å². The van der Waals surface area contributed by atoms with Gasteiger partial charge in [-0.25, -0.2) is 0 Å². The van der Waals surface area contributed by atoms with Crippen molar-refractivity contribution in [2.45, 2.75) is 52.5 Å². The molecule has 1 unspecified atom stereocenters. The van der Waals surface area contributed by atoms with Crippen molar-refractivity contribution in [1.82, 2.24) is 15.1 Å². The number of aryl methyl sites for hydroxylation is 1. The molecule has 0 spiro atoms. The average molecular weight is 237 g/mol. The predicted molar refractivity (Wildman–Crippen MR) is 72.9 cm³/mol. The fourth-order valence-electron chi connectivity index (χ4n) is 2.20. The van der Waals surface area contributed by atoms with Gasteiger partial charge in [0.25, 0.3) is 0 Å². The van der Waals surface area contributed by atoms with E-state index in [1.165, 1.54) is 31.4 Å². The summed E-state index contributed by atoms with van der Waals surface area (Å²) in [6.45, 7) is 7.84. The SMILES string of the molecule is CCCNC(CC(CC)CC)c1ccn(C)n1. The van der Waals surface area contributed by atoms with Gasteiger partial charge in [0.15, 0.2) is 0 Å². The van der Waals surface area contributed by atoms with Crippen LogP contribution in [0.5, 0.6) is 0 Å². The van der Waals surface area contributed by atoms with Crippen molar-refractivity contribution in [3.8, 4) is 0 Å². The first-order valence-corrected chi connectivity index (χ1v) is 6.94. The Labute approximate surface area is 106 Å². The topological polar surface area (TPSA) is 29.9 Å². The van der Waals surface area contributed by atoms with E-state index in [9.17, 15) is 0 Å². The summed E-state index contributed by atoms with van der Waals surface area (Å²) in [5, 5.41) is 8.16. The molecule has 3 nitrogen and oxygen atoms in total. The van der Waals surface area contributed by atoms with Crippen LogP contribution in [-0.2, 0) is 7.05 Å². The summed E-state index contributed by atoms with van der Waals surface area (Å²) in [5.41, 5.74) is 1.19. The Morgan fingerprint density at radius 1 is 1.29 bits per heavy atom. The molecular weight excluding hydrogens is 210 g/mol. The first kappa shape index (κ1) is 14.2. The van der Waals surface area contributed by atoms with Gasteiger partial charge in [-0.05, 0) is 31.4 Å². The van der Waals surface area contributed by atoms with E-state index in [1.54, 1.807) is 0 Å². The second kappa shape index (κ2) is 7.49. The van der Waals surface area contributed by atoms with Crippen LogP contribution in [0.25, 0.3) is 0 Å². The van der Waals surface area contributed by atoms with Crippen LogP contribution in [0.15, 0.2) is 12.3 Å². The minimum absolute atomic E-state index is 0.418. The maximum absolute atomic E-state index is 4.54. The van der Waals surface area contributed by atoms with E-state index in [-0.39, 0.29) is 0 Å². The highest BCUT2D eigenvalue weighted by Crippen LogP contribution is 2.24. The monoisotopic (exact) mass is 237 g/mol. The van der Waals surface area contributed by atoms with E-state index in [0.717, 1.165) is 12.5 Å². The number of hydrogen-bond acceptors (Lipinski definition) is 2. The van der Waals surface area contributed by atoms with Crippen LogP contribution in [0.1, 0.15) is 58.2 Å². The molecule has 0 aliphatic rings. The highest BCUT2D eigenvalue weighted by atomic mass is 15.3. The van der Waals surface area contributed by atoms with Crippen LogP contribution >= 0.6 is 0 Å². The lowest BCUT2D eigenvalue weighted by Crippen LogP contribution is -2.25. The molecule has 0 saturated heterocycles. The molecule has 1 aromatic heterocycles.